The summed E-state index contributed by atoms with van der Waals surface area (Å²) >= 11 is 0. The highest BCUT2D eigenvalue weighted by atomic mass is 15.0. The molecule has 5 atom stereocenters. The van der Waals surface area contributed by atoms with Crippen LogP contribution in [0.3, 0.4) is 0 Å². The summed E-state index contributed by atoms with van der Waals surface area (Å²) in [6, 6.07) is 0. The average Bonchev–Trinajstić information content (AvgIpc) is 2.50. The van der Waals surface area contributed by atoms with Gasteiger partial charge in [0.25, 0.3) is 0 Å². The summed E-state index contributed by atoms with van der Waals surface area (Å²) in [5.74, 6) is 0.855. The minimum absolute atomic E-state index is 0.449. The smallest absolute Gasteiger partial charge is 0.0156 e. The molecule has 0 N–H and O–H groups in total. The predicted molar refractivity (Wildman–Crippen MR) is 73.8 cm³/mol. The number of hydrogen-bond acceptors (Lipinski definition) is 0. The van der Waals surface area contributed by atoms with Crippen LogP contribution in [-0.4, -0.2) is 0 Å². The molecule has 4 fully saturated rings. The van der Waals surface area contributed by atoms with Crippen LogP contribution in [-0.2, 0) is 0 Å². The van der Waals surface area contributed by atoms with Gasteiger partial charge in [0.1, 0.15) is 0 Å². The van der Waals surface area contributed by atoms with E-state index in [-0.39, 0.29) is 0 Å². The molecule has 0 spiro atoms. The Bertz CT molecular complexity index is 411. The molecule has 4 aliphatic rings. The molecule has 0 heterocycles. The second-order valence-corrected chi connectivity index (χ2v) is 9.23. The van der Waals surface area contributed by atoms with E-state index >= 15 is 0 Å². The first kappa shape index (κ1) is 12.1. The van der Waals surface area contributed by atoms with Crippen LogP contribution >= 0.6 is 0 Å². The van der Waals surface area contributed by atoms with Gasteiger partial charge in [-0.3, -0.25) is 0 Å². The molecule has 0 aromatic rings. The fourth-order valence-electron chi connectivity index (χ4n) is 8.18. The quantitative estimate of drug-likeness (QED) is 0.545. The summed E-state index contributed by atoms with van der Waals surface area (Å²) in [4.78, 5) is 0. The first-order chi connectivity index (χ1) is 7.36. The van der Waals surface area contributed by atoms with Crippen molar-refractivity contribution < 1.29 is 0 Å². The van der Waals surface area contributed by atoms with Crippen molar-refractivity contribution in [3.8, 4) is 0 Å². The fourth-order valence-corrected chi connectivity index (χ4v) is 8.18. The highest BCUT2D eigenvalue weighted by Crippen LogP contribution is 2.98. The monoisotopic (exact) mass is 234 g/mol. The molecule has 4 bridgehead atoms. The predicted octanol–water partition coefficient (Wildman–Crippen LogP) is 5.13. The van der Waals surface area contributed by atoms with Crippen molar-refractivity contribution in [2.24, 2.45) is 38.4 Å². The van der Waals surface area contributed by atoms with E-state index in [1.54, 1.807) is 0 Å². The van der Waals surface area contributed by atoms with Crippen LogP contribution in [0.5, 0.6) is 0 Å². The molecule has 0 aromatic carbocycles. The van der Waals surface area contributed by atoms with Crippen LogP contribution in [0.4, 0.5) is 0 Å². The maximum Gasteiger partial charge on any atom is -0.0156 e. The van der Waals surface area contributed by atoms with Crippen molar-refractivity contribution in [3.63, 3.8) is 0 Å². The van der Waals surface area contributed by atoms with Crippen LogP contribution in [0.25, 0.3) is 0 Å². The van der Waals surface area contributed by atoms with E-state index in [0.29, 0.717) is 32.5 Å². The van der Waals surface area contributed by atoms with Gasteiger partial charge in [0.2, 0.25) is 0 Å². The van der Waals surface area contributed by atoms with E-state index in [2.05, 4.69) is 62.3 Å². The summed E-state index contributed by atoms with van der Waals surface area (Å²) in [7, 11) is 0. The molecule has 0 aromatic heterocycles. The second kappa shape index (κ2) is 2.25. The molecular weight excluding hydrogens is 204 g/mol. The number of rotatable bonds is 0. The minimum Gasteiger partial charge on any atom is -0.0614 e. The molecule has 98 valence electrons. The van der Waals surface area contributed by atoms with Gasteiger partial charge in [0.15, 0.2) is 0 Å². The van der Waals surface area contributed by atoms with Gasteiger partial charge >= 0.3 is 0 Å². The van der Waals surface area contributed by atoms with Gasteiger partial charge in [0, 0.05) is 0 Å². The van der Waals surface area contributed by atoms with Gasteiger partial charge in [-0.1, -0.05) is 62.3 Å². The summed E-state index contributed by atoms with van der Waals surface area (Å²) < 4.78 is 0. The van der Waals surface area contributed by atoms with Gasteiger partial charge < -0.3 is 0 Å². The first-order valence-corrected chi connectivity index (χ1v) is 7.36. The maximum absolute atomic E-state index is 2.60. The molecule has 4 saturated carbocycles. The molecular formula is C17H30. The highest BCUT2D eigenvalue weighted by molar-refractivity contribution is 5.40. The van der Waals surface area contributed by atoms with Gasteiger partial charge in [-0.05, 0) is 44.8 Å². The Hall–Kier alpha value is 0. The largest absolute Gasteiger partial charge is 0.0614 e. The number of hydrogen-bond donors (Lipinski definition) is 0. The lowest BCUT2D eigenvalue weighted by Crippen LogP contribution is -2.47. The standard InChI is InChI=1S/C17H30/c1-11-14(6)10-15(7)12(2,3)17(14,9)13(4,5)16(11,15)8/h11H,10H2,1-9H3. The van der Waals surface area contributed by atoms with Crippen molar-refractivity contribution in [2.45, 2.75) is 68.7 Å². The van der Waals surface area contributed by atoms with E-state index in [4.69, 9.17) is 0 Å². The van der Waals surface area contributed by atoms with Crippen molar-refractivity contribution >= 4 is 0 Å². The molecule has 0 heteroatoms. The second-order valence-electron chi connectivity index (χ2n) is 9.23. The Morgan fingerprint density at radius 2 is 1.24 bits per heavy atom. The Morgan fingerprint density at radius 1 is 0.765 bits per heavy atom. The third kappa shape index (κ3) is 0.605. The van der Waals surface area contributed by atoms with Gasteiger partial charge in [-0.2, -0.15) is 0 Å². The molecule has 0 amide bonds. The summed E-state index contributed by atoms with van der Waals surface area (Å²) in [5, 5.41) is 0. The van der Waals surface area contributed by atoms with Gasteiger partial charge in [-0.15, -0.1) is 0 Å². The van der Waals surface area contributed by atoms with Gasteiger partial charge in [0.05, 0.1) is 0 Å². The highest BCUT2D eigenvalue weighted by Gasteiger charge is 2.93. The molecule has 17 heavy (non-hydrogen) atoms. The zero-order chi connectivity index (χ0) is 13.3. The molecule has 0 radical (unpaired) electrons. The topological polar surface area (TPSA) is 0 Å². The Kier molecular flexibility index (Phi) is 1.60. The Morgan fingerprint density at radius 3 is 1.47 bits per heavy atom. The van der Waals surface area contributed by atoms with Crippen molar-refractivity contribution in [3.05, 3.63) is 0 Å². The lowest BCUT2D eigenvalue weighted by atomic mass is 9.52. The summed E-state index contributed by atoms with van der Waals surface area (Å²) in [5.41, 5.74) is 2.91. The molecule has 4 aliphatic carbocycles. The van der Waals surface area contributed by atoms with Crippen molar-refractivity contribution in [2.75, 3.05) is 0 Å². The van der Waals surface area contributed by atoms with Crippen LogP contribution in [0.2, 0.25) is 0 Å². The van der Waals surface area contributed by atoms with Crippen LogP contribution in [0.1, 0.15) is 68.7 Å². The third-order valence-electron chi connectivity index (χ3n) is 10.0. The van der Waals surface area contributed by atoms with E-state index in [0.717, 1.165) is 5.92 Å². The fraction of sp³-hybridized carbons (Fsp3) is 1.00. The lowest BCUT2D eigenvalue weighted by molar-refractivity contribution is -0.0451. The SMILES string of the molecule is CC1C2(C)CC3(C)C(C)(C)C2(C)C(C)(C)C13C. The van der Waals surface area contributed by atoms with E-state index in [9.17, 15) is 0 Å². The van der Waals surface area contributed by atoms with Crippen LogP contribution in [0.15, 0.2) is 0 Å². The third-order valence-corrected chi connectivity index (χ3v) is 10.0. The molecule has 0 nitrogen and oxygen atoms in total. The Balaban J connectivity index is 2.44. The average molecular weight is 234 g/mol. The van der Waals surface area contributed by atoms with Crippen molar-refractivity contribution in [1.82, 2.24) is 0 Å². The normalized spacial score (nSPS) is 65.8. The van der Waals surface area contributed by atoms with Crippen LogP contribution < -0.4 is 0 Å². The Labute approximate surface area is 108 Å². The van der Waals surface area contributed by atoms with E-state index in [1.807, 2.05) is 0 Å². The van der Waals surface area contributed by atoms with E-state index in [1.165, 1.54) is 6.42 Å². The van der Waals surface area contributed by atoms with E-state index < -0.39 is 0 Å². The molecule has 5 unspecified atom stereocenters. The zero-order valence-corrected chi connectivity index (χ0v) is 13.3. The lowest BCUT2D eigenvalue weighted by Gasteiger charge is -2.52. The van der Waals surface area contributed by atoms with Crippen molar-refractivity contribution in [1.29, 1.82) is 0 Å². The summed E-state index contributed by atoms with van der Waals surface area (Å²) in [6.45, 7) is 23.1. The van der Waals surface area contributed by atoms with Crippen LogP contribution in [0, 0.1) is 38.4 Å². The molecule has 0 saturated heterocycles. The minimum atomic E-state index is 0.449. The van der Waals surface area contributed by atoms with Gasteiger partial charge in [-0.25, -0.2) is 0 Å². The molecule has 0 aliphatic heterocycles. The zero-order valence-electron chi connectivity index (χ0n) is 13.3. The maximum atomic E-state index is 2.60. The molecule has 4 rings (SSSR count). The summed E-state index contributed by atoms with van der Waals surface area (Å²) in [6.07, 6.45) is 1.44. The first-order valence-electron chi connectivity index (χ1n) is 7.36.